The van der Waals surface area contributed by atoms with Crippen molar-refractivity contribution in [2.75, 3.05) is 20.1 Å². The fourth-order valence-electron chi connectivity index (χ4n) is 2.21. The molecule has 2 N–H and O–H groups in total. The summed E-state index contributed by atoms with van der Waals surface area (Å²) in [6, 6.07) is 0.901. The molecule has 0 bridgehead atoms. The van der Waals surface area contributed by atoms with Crippen LogP contribution in [0.3, 0.4) is 0 Å². The van der Waals surface area contributed by atoms with Gasteiger partial charge in [-0.3, -0.25) is 9.69 Å². The van der Waals surface area contributed by atoms with Crippen LogP contribution >= 0.6 is 12.4 Å². The van der Waals surface area contributed by atoms with Gasteiger partial charge in [-0.25, -0.2) is 0 Å². The Hall–Kier alpha value is -0.320. The molecule has 1 rings (SSSR count). The number of carbonyl (C=O) groups excluding carboxylic acids is 1. The molecule has 4 nitrogen and oxygen atoms in total. The molecule has 108 valence electrons. The number of hydrogen-bond donors (Lipinski definition) is 2. The molecule has 0 aromatic rings. The van der Waals surface area contributed by atoms with Gasteiger partial charge in [0.1, 0.15) is 0 Å². The molecular weight excluding hydrogens is 250 g/mol. The fraction of sp³-hybridized carbons (Fsp3) is 0.923. The maximum Gasteiger partial charge on any atom is 0.237 e. The van der Waals surface area contributed by atoms with Crippen molar-refractivity contribution < 1.29 is 4.79 Å². The topological polar surface area (TPSA) is 44.4 Å². The molecule has 0 aromatic heterocycles. The van der Waals surface area contributed by atoms with Gasteiger partial charge in [-0.1, -0.05) is 6.92 Å². The first-order valence-electron chi connectivity index (χ1n) is 6.80. The van der Waals surface area contributed by atoms with Crippen LogP contribution in [0.1, 0.15) is 40.0 Å². The molecule has 2 atom stereocenters. The highest BCUT2D eigenvalue weighted by Crippen LogP contribution is 2.13. The molecule has 0 spiro atoms. The Labute approximate surface area is 117 Å². The lowest BCUT2D eigenvalue weighted by Gasteiger charge is -2.35. The lowest BCUT2D eigenvalue weighted by molar-refractivity contribution is -0.127. The SMILES string of the molecule is CCC(C)NC(=O)C(C)N1CCC(NC)CC1.Cl. The molecule has 1 aliphatic rings. The highest BCUT2D eigenvalue weighted by atomic mass is 35.5. The van der Waals surface area contributed by atoms with Crippen molar-refractivity contribution in [3.05, 3.63) is 0 Å². The maximum absolute atomic E-state index is 12.0. The number of piperidine rings is 1. The summed E-state index contributed by atoms with van der Waals surface area (Å²) in [7, 11) is 2.01. The Balaban J connectivity index is 0.00000289. The zero-order valence-corrected chi connectivity index (χ0v) is 12.8. The molecular formula is C13H28ClN3O. The van der Waals surface area contributed by atoms with Gasteiger partial charge in [-0.15, -0.1) is 12.4 Å². The monoisotopic (exact) mass is 277 g/mol. The Bertz CT molecular complexity index is 242. The third-order valence-electron chi connectivity index (χ3n) is 3.87. The summed E-state index contributed by atoms with van der Waals surface area (Å²) < 4.78 is 0. The Morgan fingerprint density at radius 1 is 1.33 bits per heavy atom. The summed E-state index contributed by atoms with van der Waals surface area (Å²) in [6.07, 6.45) is 3.26. The van der Waals surface area contributed by atoms with Crippen molar-refractivity contribution in [2.24, 2.45) is 0 Å². The quantitative estimate of drug-likeness (QED) is 0.798. The van der Waals surface area contributed by atoms with Crippen LogP contribution in [0.2, 0.25) is 0 Å². The average Bonchev–Trinajstić information content (AvgIpc) is 2.37. The molecule has 1 aliphatic heterocycles. The normalized spacial score (nSPS) is 20.9. The molecule has 2 unspecified atom stereocenters. The largest absolute Gasteiger partial charge is 0.352 e. The average molecular weight is 278 g/mol. The Morgan fingerprint density at radius 2 is 1.89 bits per heavy atom. The first kappa shape index (κ1) is 17.7. The minimum absolute atomic E-state index is 0. The van der Waals surface area contributed by atoms with Crippen LogP contribution in [-0.2, 0) is 4.79 Å². The predicted octanol–water partition coefficient (Wildman–Crippen LogP) is 1.40. The second kappa shape index (κ2) is 8.73. The highest BCUT2D eigenvalue weighted by molar-refractivity contribution is 5.85. The van der Waals surface area contributed by atoms with Crippen LogP contribution in [0.15, 0.2) is 0 Å². The van der Waals surface area contributed by atoms with E-state index in [0.717, 1.165) is 32.4 Å². The van der Waals surface area contributed by atoms with Crippen LogP contribution < -0.4 is 10.6 Å². The second-order valence-electron chi connectivity index (χ2n) is 5.09. The van der Waals surface area contributed by atoms with Crippen molar-refractivity contribution in [1.29, 1.82) is 0 Å². The van der Waals surface area contributed by atoms with E-state index in [9.17, 15) is 4.79 Å². The molecule has 1 fully saturated rings. The van der Waals surface area contributed by atoms with Gasteiger partial charge >= 0.3 is 0 Å². The number of carbonyl (C=O) groups is 1. The number of hydrogen-bond acceptors (Lipinski definition) is 3. The van der Waals surface area contributed by atoms with E-state index in [-0.39, 0.29) is 30.4 Å². The Kier molecular flexibility index (Phi) is 8.57. The number of amides is 1. The van der Waals surface area contributed by atoms with E-state index in [0.29, 0.717) is 6.04 Å². The molecule has 0 aliphatic carbocycles. The van der Waals surface area contributed by atoms with E-state index in [1.54, 1.807) is 0 Å². The minimum Gasteiger partial charge on any atom is -0.352 e. The van der Waals surface area contributed by atoms with E-state index >= 15 is 0 Å². The van der Waals surface area contributed by atoms with Crippen LogP contribution in [0.4, 0.5) is 0 Å². The second-order valence-corrected chi connectivity index (χ2v) is 5.09. The first-order valence-corrected chi connectivity index (χ1v) is 6.80. The molecule has 0 radical (unpaired) electrons. The highest BCUT2D eigenvalue weighted by Gasteiger charge is 2.26. The molecule has 5 heteroatoms. The van der Waals surface area contributed by atoms with Crippen molar-refractivity contribution in [3.63, 3.8) is 0 Å². The Morgan fingerprint density at radius 3 is 2.33 bits per heavy atom. The minimum atomic E-state index is 0. The number of likely N-dealkylation sites (tertiary alicyclic amines) is 1. The summed E-state index contributed by atoms with van der Waals surface area (Å²) in [4.78, 5) is 14.3. The summed E-state index contributed by atoms with van der Waals surface area (Å²) in [5.74, 6) is 0.169. The van der Waals surface area contributed by atoms with Crippen molar-refractivity contribution in [2.45, 2.75) is 58.2 Å². The van der Waals surface area contributed by atoms with Gasteiger partial charge in [-0.05, 0) is 40.2 Å². The van der Waals surface area contributed by atoms with Crippen molar-refractivity contribution in [3.8, 4) is 0 Å². The number of halogens is 1. The number of nitrogens with one attached hydrogen (secondary N) is 2. The van der Waals surface area contributed by atoms with E-state index in [2.05, 4.69) is 29.4 Å². The molecule has 18 heavy (non-hydrogen) atoms. The van der Waals surface area contributed by atoms with Gasteiger partial charge in [-0.2, -0.15) is 0 Å². The predicted molar refractivity (Wildman–Crippen MR) is 78.3 cm³/mol. The smallest absolute Gasteiger partial charge is 0.237 e. The third kappa shape index (κ3) is 5.12. The molecule has 1 saturated heterocycles. The van der Waals surface area contributed by atoms with Crippen LogP contribution in [0.5, 0.6) is 0 Å². The van der Waals surface area contributed by atoms with Gasteiger partial charge < -0.3 is 10.6 Å². The summed E-state index contributed by atoms with van der Waals surface area (Å²) in [5.41, 5.74) is 0. The van der Waals surface area contributed by atoms with Gasteiger partial charge in [0.05, 0.1) is 6.04 Å². The zero-order chi connectivity index (χ0) is 12.8. The lowest BCUT2D eigenvalue weighted by Crippen LogP contribution is -2.51. The number of rotatable bonds is 5. The summed E-state index contributed by atoms with van der Waals surface area (Å²) in [6.45, 7) is 8.19. The lowest BCUT2D eigenvalue weighted by atomic mass is 10.0. The standard InChI is InChI=1S/C13H27N3O.ClH/c1-5-10(2)15-13(17)11(3)16-8-6-12(14-4)7-9-16;/h10-12,14H,5-9H2,1-4H3,(H,15,17);1H. The molecule has 0 saturated carbocycles. The first-order chi connectivity index (χ1) is 8.08. The van der Waals surface area contributed by atoms with Crippen molar-refractivity contribution >= 4 is 18.3 Å². The third-order valence-corrected chi connectivity index (χ3v) is 3.87. The van der Waals surface area contributed by atoms with Crippen LogP contribution in [-0.4, -0.2) is 49.1 Å². The number of nitrogens with zero attached hydrogens (tertiary/aromatic N) is 1. The summed E-state index contributed by atoms with van der Waals surface area (Å²) in [5, 5.41) is 6.36. The van der Waals surface area contributed by atoms with E-state index in [4.69, 9.17) is 0 Å². The van der Waals surface area contributed by atoms with Crippen molar-refractivity contribution in [1.82, 2.24) is 15.5 Å². The van der Waals surface area contributed by atoms with E-state index in [1.165, 1.54) is 0 Å². The van der Waals surface area contributed by atoms with E-state index in [1.807, 2.05) is 14.0 Å². The maximum atomic E-state index is 12.0. The van der Waals surface area contributed by atoms with E-state index < -0.39 is 0 Å². The molecule has 1 heterocycles. The van der Waals surface area contributed by atoms with Gasteiger partial charge in [0, 0.05) is 25.2 Å². The van der Waals surface area contributed by atoms with Gasteiger partial charge in [0.2, 0.25) is 5.91 Å². The molecule has 1 amide bonds. The zero-order valence-electron chi connectivity index (χ0n) is 12.0. The van der Waals surface area contributed by atoms with Crippen LogP contribution in [0, 0.1) is 0 Å². The fourth-order valence-corrected chi connectivity index (χ4v) is 2.21. The van der Waals surface area contributed by atoms with Gasteiger partial charge in [0.15, 0.2) is 0 Å². The van der Waals surface area contributed by atoms with Crippen LogP contribution in [0.25, 0.3) is 0 Å². The van der Waals surface area contributed by atoms with Gasteiger partial charge in [0.25, 0.3) is 0 Å². The summed E-state index contributed by atoms with van der Waals surface area (Å²) >= 11 is 0. The molecule has 0 aromatic carbocycles.